The molecule has 2 aliphatic heterocycles. The van der Waals surface area contributed by atoms with Gasteiger partial charge in [-0.25, -0.2) is 8.42 Å². The standard InChI is InChI=1S/C21H24N2O4S/c1-16-14-19-4-2-3-5-20(19)23(16)21(24)18-8-6-17(7-9-18)15-28(25,26)22-10-12-27-13-11-22/h2-9,16H,10-15H2,1H3. The highest BCUT2D eigenvalue weighted by atomic mass is 32.2. The van der Waals surface area contributed by atoms with Gasteiger partial charge >= 0.3 is 0 Å². The zero-order valence-corrected chi connectivity index (χ0v) is 16.7. The molecule has 6 nitrogen and oxygen atoms in total. The Balaban J connectivity index is 1.50. The van der Waals surface area contributed by atoms with Crippen molar-refractivity contribution in [1.29, 1.82) is 0 Å². The van der Waals surface area contributed by atoms with Crippen LogP contribution in [0.5, 0.6) is 0 Å². The van der Waals surface area contributed by atoms with Crippen molar-refractivity contribution < 1.29 is 17.9 Å². The van der Waals surface area contributed by atoms with Crippen molar-refractivity contribution in [1.82, 2.24) is 4.31 Å². The number of morpholine rings is 1. The monoisotopic (exact) mass is 400 g/mol. The third-order valence-electron chi connectivity index (χ3n) is 5.34. The van der Waals surface area contributed by atoms with E-state index in [1.54, 1.807) is 24.3 Å². The van der Waals surface area contributed by atoms with Crippen LogP contribution >= 0.6 is 0 Å². The molecular weight excluding hydrogens is 376 g/mol. The zero-order chi connectivity index (χ0) is 19.7. The SMILES string of the molecule is CC1Cc2ccccc2N1C(=O)c1ccc(CS(=O)(=O)N2CCOCC2)cc1. The summed E-state index contributed by atoms with van der Waals surface area (Å²) in [7, 11) is -3.38. The number of hydrogen-bond acceptors (Lipinski definition) is 4. The molecule has 2 heterocycles. The lowest BCUT2D eigenvalue weighted by Gasteiger charge is -2.26. The number of ether oxygens (including phenoxy) is 1. The van der Waals surface area contributed by atoms with Crippen molar-refractivity contribution >= 4 is 21.6 Å². The number of amides is 1. The second kappa shape index (κ2) is 7.66. The third kappa shape index (κ3) is 3.70. The first-order chi connectivity index (χ1) is 13.5. The quantitative estimate of drug-likeness (QED) is 0.791. The summed E-state index contributed by atoms with van der Waals surface area (Å²) in [5.74, 6) is -0.121. The number of fused-ring (bicyclic) bond motifs is 1. The molecule has 1 fully saturated rings. The fourth-order valence-electron chi connectivity index (χ4n) is 3.88. The van der Waals surface area contributed by atoms with Crippen LogP contribution in [-0.4, -0.2) is 51.0 Å². The first kappa shape index (κ1) is 19.1. The summed E-state index contributed by atoms with van der Waals surface area (Å²) in [6.07, 6.45) is 0.845. The summed E-state index contributed by atoms with van der Waals surface area (Å²) in [4.78, 5) is 14.9. The van der Waals surface area contributed by atoms with E-state index in [0.717, 1.165) is 12.1 Å². The predicted molar refractivity (Wildman–Crippen MR) is 108 cm³/mol. The molecule has 28 heavy (non-hydrogen) atoms. The summed E-state index contributed by atoms with van der Waals surface area (Å²) in [5.41, 5.74) is 3.38. The van der Waals surface area contributed by atoms with Gasteiger partial charge in [-0.15, -0.1) is 0 Å². The van der Waals surface area contributed by atoms with E-state index in [1.165, 1.54) is 9.87 Å². The van der Waals surface area contributed by atoms with Gasteiger partial charge in [-0.3, -0.25) is 4.79 Å². The van der Waals surface area contributed by atoms with E-state index in [0.29, 0.717) is 37.4 Å². The van der Waals surface area contributed by atoms with Gasteiger partial charge in [0.2, 0.25) is 10.0 Å². The molecule has 2 aromatic rings. The van der Waals surface area contributed by atoms with Crippen molar-refractivity contribution in [3.63, 3.8) is 0 Å². The number of nitrogens with zero attached hydrogens (tertiary/aromatic N) is 2. The van der Waals surface area contributed by atoms with Gasteiger partial charge < -0.3 is 9.64 Å². The highest BCUT2D eigenvalue weighted by Gasteiger charge is 2.31. The minimum Gasteiger partial charge on any atom is -0.379 e. The van der Waals surface area contributed by atoms with Crippen molar-refractivity contribution in [3.05, 3.63) is 65.2 Å². The summed E-state index contributed by atoms with van der Waals surface area (Å²) < 4.78 is 31.8. The van der Waals surface area contributed by atoms with Crippen molar-refractivity contribution in [2.75, 3.05) is 31.2 Å². The molecule has 1 saturated heterocycles. The second-order valence-electron chi connectivity index (χ2n) is 7.32. The molecule has 0 radical (unpaired) electrons. The maximum Gasteiger partial charge on any atom is 0.258 e. The number of rotatable bonds is 4. The first-order valence-electron chi connectivity index (χ1n) is 9.52. The minimum atomic E-state index is -3.38. The van der Waals surface area contributed by atoms with Gasteiger partial charge in [-0.2, -0.15) is 4.31 Å². The molecule has 1 unspecified atom stereocenters. The average molecular weight is 401 g/mol. The van der Waals surface area contributed by atoms with Crippen molar-refractivity contribution in [2.45, 2.75) is 25.1 Å². The third-order valence-corrected chi connectivity index (χ3v) is 7.19. The fourth-order valence-corrected chi connectivity index (χ4v) is 5.39. The number of hydrogen-bond donors (Lipinski definition) is 0. The van der Waals surface area contributed by atoms with Crippen LogP contribution in [0.2, 0.25) is 0 Å². The highest BCUT2D eigenvalue weighted by Crippen LogP contribution is 2.33. The van der Waals surface area contributed by atoms with E-state index in [1.807, 2.05) is 30.0 Å². The number of benzene rings is 2. The molecule has 0 aliphatic carbocycles. The Bertz CT molecular complexity index is 966. The van der Waals surface area contributed by atoms with Gasteiger partial charge in [0.05, 0.1) is 19.0 Å². The van der Waals surface area contributed by atoms with E-state index in [-0.39, 0.29) is 17.7 Å². The molecule has 1 atom stereocenters. The second-order valence-corrected chi connectivity index (χ2v) is 9.29. The lowest BCUT2D eigenvalue weighted by Crippen LogP contribution is -2.41. The molecule has 2 aromatic carbocycles. The van der Waals surface area contributed by atoms with Crippen LogP contribution in [0.1, 0.15) is 28.4 Å². The number of anilines is 1. The highest BCUT2D eigenvalue weighted by molar-refractivity contribution is 7.88. The lowest BCUT2D eigenvalue weighted by atomic mass is 10.1. The Morgan fingerprint density at radius 2 is 1.75 bits per heavy atom. The average Bonchev–Trinajstić information content (AvgIpc) is 3.04. The molecular formula is C21H24N2O4S. The predicted octanol–water partition coefficient (Wildman–Crippen LogP) is 2.44. The Morgan fingerprint density at radius 3 is 2.46 bits per heavy atom. The van der Waals surface area contributed by atoms with Crippen LogP contribution in [0, 0.1) is 0 Å². The molecule has 7 heteroatoms. The molecule has 2 aliphatic rings. The molecule has 148 valence electrons. The molecule has 0 aromatic heterocycles. The van der Waals surface area contributed by atoms with Gasteiger partial charge in [0.25, 0.3) is 5.91 Å². The summed E-state index contributed by atoms with van der Waals surface area (Å²) in [5, 5.41) is 0. The molecule has 0 saturated carbocycles. The van der Waals surface area contributed by atoms with Crippen LogP contribution in [0.15, 0.2) is 48.5 Å². The number of carbonyl (C=O) groups excluding carboxylic acids is 1. The Hall–Kier alpha value is -2.22. The fraction of sp³-hybridized carbons (Fsp3) is 0.381. The summed E-state index contributed by atoms with van der Waals surface area (Å²) >= 11 is 0. The van der Waals surface area contributed by atoms with Gasteiger partial charge in [0.15, 0.2) is 0 Å². The maximum atomic E-state index is 13.0. The van der Waals surface area contributed by atoms with Crippen LogP contribution in [0.3, 0.4) is 0 Å². The Kier molecular flexibility index (Phi) is 5.23. The maximum absolute atomic E-state index is 13.0. The Morgan fingerprint density at radius 1 is 1.07 bits per heavy atom. The molecule has 4 rings (SSSR count). The van der Waals surface area contributed by atoms with E-state index >= 15 is 0 Å². The summed E-state index contributed by atoms with van der Waals surface area (Å²) in [6, 6.07) is 15.0. The van der Waals surface area contributed by atoms with E-state index < -0.39 is 10.0 Å². The minimum absolute atomic E-state index is 0.0555. The van der Waals surface area contributed by atoms with Gasteiger partial charge in [-0.1, -0.05) is 30.3 Å². The van der Waals surface area contributed by atoms with Gasteiger partial charge in [-0.05, 0) is 42.7 Å². The number of carbonyl (C=O) groups is 1. The largest absolute Gasteiger partial charge is 0.379 e. The smallest absolute Gasteiger partial charge is 0.258 e. The van der Waals surface area contributed by atoms with Crippen LogP contribution in [0.4, 0.5) is 5.69 Å². The van der Waals surface area contributed by atoms with E-state index in [9.17, 15) is 13.2 Å². The first-order valence-corrected chi connectivity index (χ1v) is 11.1. The molecule has 1 amide bonds. The molecule has 0 N–H and O–H groups in total. The molecule has 0 spiro atoms. The van der Waals surface area contributed by atoms with Crippen LogP contribution < -0.4 is 4.90 Å². The van der Waals surface area contributed by atoms with Crippen LogP contribution in [-0.2, 0) is 26.9 Å². The normalized spacial score (nSPS) is 20.2. The van der Waals surface area contributed by atoms with Crippen LogP contribution in [0.25, 0.3) is 0 Å². The van der Waals surface area contributed by atoms with E-state index in [2.05, 4.69) is 6.07 Å². The van der Waals surface area contributed by atoms with Gasteiger partial charge in [0, 0.05) is 30.4 Å². The van der Waals surface area contributed by atoms with Gasteiger partial charge in [0.1, 0.15) is 0 Å². The zero-order valence-electron chi connectivity index (χ0n) is 15.9. The number of sulfonamides is 1. The number of para-hydroxylation sites is 1. The molecule has 0 bridgehead atoms. The van der Waals surface area contributed by atoms with E-state index in [4.69, 9.17) is 4.74 Å². The summed E-state index contributed by atoms with van der Waals surface area (Å²) in [6.45, 7) is 3.70. The Labute approximate surface area is 165 Å². The van der Waals surface area contributed by atoms with Crippen molar-refractivity contribution in [3.8, 4) is 0 Å². The lowest BCUT2D eigenvalue weighted by molar-refractivity contribution is 0.0729. The van der Waals surface area contributed by atoms with Crippen molar-refractivity contribution in [2.24, 2.45) is 0 Å². The topological polar surface area (TPSA) is 66.9 Å².